The molecule has 2 aromatic rings. The van der Waals surface area contributed by atoms with Crippen molar-refractivity contribution in [3.63, 3.8) is 0 Å². The predicted octanol–water partition coefficient (Wildman–Crippen LogP) is 3.27. The van der Waals surface area contributed by atoms with E-state index < -0.39 is 0 Å². The fourth-order valence-corrected chi connectivity index (χ4v) is 3.79. The topological polar surface area (TPSA) is 50.8 Å². The third-order valence-electron chi connectivity index (χ3n) is 5.12. The van der Waals surface area contributed by atoms with Crippen LogP contribution in [-0.2, 0) is 11.2 Å². The molecule has 2 heterocycles. The van der Waals surface area contributed by atoms with Gasteiger partial charge in [0, 0.05) is 19.1 Å². The first-order valence-electron chi connectivity index (χ1n) is 9.25. The van der Waals surface area contributed by atoms with Gasteiger partial charge in [-0.1, -0.05) is 36.4 Å². The first-order valence-corrected chi connectivity index (χ1v) is 9.25. The number of hydrogen-bond donors (Lipinski definition) is 1. The van der Waals surface area contributed by atoms with Gasteiger partial charge in [0.1, 0.15) is 12.4 Å². The maximum Gasteiger partial charge on any atom is 0.288 e. The molecule has 0 fully saturated rings. The number of nitrogens with zero attached hydrogens (tertiary/aromatic N) is 2. The van der Waals surface area contributed by atoms with E-state index in [9.17, 15) is 4.39 Å². The monoisotopic (exact) mass is 353 g/mol. The van der Waals surface area contributed by atoms with E-state index >= 15 is 0 Å². The molecule has 2 aromatic carbocycles. The minimum Gasteiger partial charge on any atom is -0.463 e. The number of ether oxygens (including phenoxy) is 1. The van der Waals surface area contributed by atoms with Crippen molar-refractivity contribution in [1.29, 1.82) is 0 Å². The van der Waals surface area contributed by atoms with Crippen molar-refractivity contribution >= 4 is 6.02 Å². The average Bonchev–Trinajstić information content (AvgIpc) is 2.65. The third-order valence-corrected chi connectivity index (χ3v) is 5.12. The second kappa shape index (κ2) is 7.46. The van der Waals surface area contributed by atoms with Crippen LogP contribution in [0.1, 0.15) is 35.6 Å². The molecule has 0 aliphatic carbocycles. The molecule has 2 aliphatic heterocycles. The molecule has 5 heteroatoms. The number of halogens is 1. The van der Waals surface area contributed by atoms with Crippen LogP contribution >= 0.6 is 0 Å². The van der Waals surface area contributed by atoms with Crippen molar-refractivity contribution in [3.05, 3.63) is 71.0 Å². The lowest BCUT2D eigenvalue weighted by Gasteiger charge is -2.39. The van der Waals surface area contributed by atoms with Crippen molar-refractivity contribution in [2.24, 2.45) is 10.7 Å². The number of amidine groups is 1. The molecule has 0 amide bonds. The Balaban J connectivity index is 1.74. The first kappa shape index (κ1) is 17.0. The lowest BCUT2D eigenvalue weighted by Crippen LogP contribution is -2.44. The molecule has 26 heavy (non-hydrogen) atoms. The minimum atomic E-state index is -0.227. The Morgan fingerprint density at radius 2 is 1.92 bits per heavy atom. The zero-order valence-corrected chi connectivity index (χ0v) is 14.8. The Morgan fingerprint density at radius 3 is 2.77 bits per heavy atom. The van der Waals surface area contributed by atoms with Gasteiger partial charge in [0.2, 0.25) is 0 Å². The summed E-state index contributed by atoms with van der Waals surface area (Å²) in [4.78, 5) is 6.90. The van der Waals surface area contributed by atoms with Crippen molar-refractivity contribution in [1.82, 2.24) is 4.90 Å². The molecule has 0 saturated heterocycles. The quantitative estimate of drug-likeness (QED) is 0.856. The third kappa shape index (κ3) is 3.44. The van der Waals surface area contributed by atoms with Crippen LogP contribution in [0.4, 0.5) is 4.39 Å². The Labute approximate surface area is 153 Å². The van der Waals surface area contributed by atoms with E-state index in [1.165, 1.54) is 23.3 Å². The van der Waals surface area contributed by atoms with Crippen LogP contribution in [0.2, 0.25) is 0 Å². The lowest BCUT2D eigenvalue weighted by atomic mass is 9.88. The Hall–Kier alpha value is -2.40. The molecule has 4 nitrogen and oxygen atoms in total. The van der Waals surface area contributed by atoms with E-state index in [1.54, 1.807) is 0 Å². The second-order valence-corrected chi connectivity index (χ2v) is 6.97. The van der Waals surface area contributed by atoms with Gasteiger partial charge < -0.3 is 15.4 Å². The van der Waals surface area contributed by atoms with Gasteiger partial charge in [0.05, 0.1) is 6.04 Å². The molecule has 0 radical (unpaired) electrons. The normalized spacial score (nSPS) is 23.3. The number of nitrogens with two attached hydrogens (primary N) is 1. The summed E-state index contributed by atoms with van der Waals surface area (Å²) in [5.41, 5.74) is 9.68. The zero-order chi connectivity index (χ0) is 17.9. The van der Waals surface area contributed by atoms with Crippen LogP contribution in [-0.4, -0.2) is 36.7 Å². The van der Waals surface area contributed by atoms with Gasteiger partial charge in [-0.05, 0) is 48.1 Å². The fourth-order valence-electron chi connectivity index (χ4n) is 3.79. The lowest BCUT2D eigenvalue weighted by molar-refractivity contribution is 0.184. The summed E-state index contributed by atoms with van der Waals surface area (Å²) in [7, 11) is 0. The van der Waals surface area contributed by atoms with Crippen LogP contribution in [0.25, 0.3) is 0 Å². The summed E-state index contributed by atoms with van der Waals surface area (Å²) in [6.07, 6.45) is 2.84. The number of fused-ring (bicyclic) bond motifs is 1. The Morgan fingerprint density at radius 1 is 1.12 bits per heavy atom. The minimum absolute atomic E-state index is 0.0325. The summed E-state index contributed by atoms with van der Waals surface area (Å²) in [5, 5.41) is 0. The first-order chi connectivity index (χ1) is 12.7. The molecule has 0 saturated carbocycles. The van der Waals surface area contributed by atoms with Crippen molar-refractivity contribution < 1.29 is 9.13 Å². The summed E-state index contributed by atoms with van der Waals surface area (Å²) in [5.74, 6) is -0.227. The van der Waals surface area contributed by atoms with Gasteiger partial charge >= 0.3 is 0 Å². The van der Waals surface area contributed by atoms with Crippen LogP contribution < -0.4 is 5.73 Å². The summed E-state index contributed by atoms with van der Waals surface area (Å²) >= 11 is 0. The van der Waals surface area contributed by atoms with Crippen molar-refractivity contribution in [3.8, 4) is 0 Å². The largest absolute Gasteiger partial charge is 0.463 e. The molecule has 2 atom stereocenters. The highest BCUT2D eigenvalue weighted by molar-refractivity contribution is 5.76. The van der Waals surface area contributed by atoms with Crippen LogP contribution in [0.5, 0.6) is 0 Å². The number of rotatable bonds is 1. The molecule has 0 bridgehead atoms. The molecule has 2 aliphatic rings. The number of benzene rings is 2. The Kier molecular flexibility index (Phi) is 4.89. The van der Waals surface area contributed by atoms with Crippen molar-refractivity contribution in [2.75, 3.05) is 19.7 Å². The summed E-state index contributed by atoms with van der Waals surface area (Å²) < 4.78 is 19.5. The van der Waals surface area contributed by atoms with Gasteiger partial charge in [0.15, 0.2) is 0 Å². The van der Waals surface area contributed by atoms with E-state index in [1.807, 2.05) is 12.1 Å². The zero-order valence-electron chi connectivity index (χ0n) is 14.8. The molecule has 0 aromatic heterocycles. The van der Waals surface area contributed by atoms with Gasteiger partial charge in [-0.3, -0.25) is 0 Å². The van der Waals surface area contributed by atoms with Gasteiger partial charge in [-0.25, -0.2) is 9.38 Å². The van der Waals surface area contributed by atoms with E-state index in [0.717, 1.165) is 37.9 Å². The Bertz CT molecular complexity index is 790. The van der Waals surface area contributed by atoms with Crippen LogP contribution in [0.15, 0.2) is 53.5 Å². The molecule has 0 spiro atoms. The number of hydrogen-bond acceptors (Lipinski definition) is 4. The molecule has 0 unspecified atom stereocenters. The maximum atomic E-state index is 13.5. The molecule has 136 valence electrons. The highest BCUT2D eigenvalue weighted by Gasteiger charge is 2.32. The average molecular weight is 353 g/mol. The van der Waals surface area contributed by atoms with Crippen LogP contribution in [0.3, 0.4) is 0 Å². The van der Waals surface area contributed by atoms with Gasteiger partial charge in [-0.2, -0.15) is 0 Å². The van der Waals surface area contributed by atoms with E-state index in [4.69, 9.17) is 15.5 Å². The van der Waals surface area contributed by atoms with E-state index in [0.29, 0.717) is 12.6 Å². The SMILES string of the molecule is N[C@H]1CCCN=C(N2CCc3ccccc3[C@@H]2c2ccc(F)cc2)OC1. The summed E-state index contributed by atoms with van der Waals surface area (Å²) in [6.45, 7) is 2.01. The van der Waals surface area contributed by atoms with Crippen molar-refractivity contribution in [2.45, 2.75) is 31.3 Å². The van der Waals surface area contributed by atoms with Gasteiger partial charge in [-0.15, -0.1) is 0 Å². The molecule has 2 N–H and O–H groups in total. The predicted molar refractivity (Wildman–Crippen MR) is 101 cm³/mol. The molecular formula is C21H24FN3O. The summed E-state index contributed by atoms with van der Waals surface area (Å²) in [6, 6.07) is 15.8. The maximum absolute atomic E-state index is 13.5. The smallest absolute Gasteiger partial charge is 0.288 e. The second-order valence-electron chi connectivity index (χ2n) is 6.97. The molecular weight excluding hydrogens is 329 g/mol. The highest BCUT2D eigenvalue weighted by Crippen LogP contribution is 2.35. The van der Waals surface area contributed by atoms with Crippen LogP contribution in [0, 0.1) is 5.82 Å². The fraction of sp³-hybridized carbons (Fsp3) is 0.381. The molecule has 4 rings (SSSR count). The highest BCUT2D eigenvalue weighted by atomic mass is 19.1. The standard InChI is InChI=1S/C21H24FN3O/c22-17-9-7-16(8-10-17)20-19-6-2-1-4-15(19)11-13-25(20)21-24-12-3-5-18(23)14-26-21/h1-2,4,6-10,18,20H,3,5,11-14,23H2/t18-,20-/m0/s1. The van der Waals surface area contributed by atoms with Gasteiger partial charge in [0.25, 0.3) is 6.02 Å². The van der Waals surface area contributed by atoms with E-state index in [-0.39, 0.29) is 17.9 Å². The van der Waals surface area contributed by atoms with E-state index in [2.05, 4.69) is 29.2 Å². The number of aliphatic imine (C=N–C) groups is 1.